The predicted molar refractivity (Wildman–Crippen MR) is 94.9 cm³/mol. The van der Waals surface area contributed by atoms with Gasteiger partial charge in [-0.1, -0.05) is 12.2 Å². The second-order valence-electron chi connectivity index (χ2n) is 5.71. The molecule has 1 aliphatic rings. The number of hydrogen-bond donors (Lipinski definition) is 1. The van der Waals surface area contributed by atoms with E-state index in [0.29, 0.717) is 5.56 Å². The van der Waals surface area contributed by atoms with Crippen molar-refractivity contribution >= 4 is 39.1 Å². The lowest BCUT2D eigenvalue weighted by Gasteiger charge is -2.22. The van der Waals surface area contributed by atoms with E-state index in [2.05, 4.69) is 0 Å². The van der Waals surface area contributed by atoms with Gasteiger partial charge in [-0.25, -0.2) is 4.79 Å². The Balaban J connectivity index is 2.00. The van der Waals surface area contributed by atoms with E-state index in [4.69, 9.17) is 26.9 Å². The molecule has 2 N–H and O–H groups in total. The SMILES string of the molecule is CS(=O)(=O)O[C@@H]1C[C@@H](C(N)=S)N(C(=O)OCc2ccc([N+](=O)[O-])cc2)C1. The highest BCUT2D eigenvalue weighted by atomic mass is 32.2. The highest BCUT2D eigenvalue weighted by Crippen LogP contribution is 2.23. The Morgan fingerprint density at radius 2 is 2.04 bits per heavy atom. The van der Waals surface area contributed by atoms with Gasteiger partial charge in [0, 0.05) is 18.6 Å². The minimum atomic E-state index is -3.69. The zero-order valence-corrected chi connectivity index (χ0v) is 15.4. The number of nitrogens with zero attached hydrogens (tertiary/aromatic N) is 2. The fraction of sp³-hybridized carbons (Fsp3) is 0.429. The summed E-state index contributed by atoms with van der Waals surface area (Å²) in [6.07, 6.45) is -0.433. The number of thiocarbonyl (C=S) groups is 1. The van der Waals surface area contributed by atoms with Crippen LogP contribution in [0, 0.1) is 10.1 Å². The molecular formula is C14H17N3O7S2. The molecule has 0 saturated carbocycles. The summed E-state index contributed by atoms with van der Waals surface area (Å²) in [5.74, 6) is 0. The molecule has 10 nitrogen and oxygen atoms in total. The minimum absolute atomic E-state index is 0.0249. The van der Waals surface area contributed by atoms with Gasteiger partial charge in [-0.3, -0.25) is 19.2 Å². The average Bonchev–Trinajstić information content (AvgIpc) is 2.95. The summed E-state index contributed by atoms with van der Waals surface area (Å²) >= 11 is 4.92. The molecule has 0 bridgehead atoms. The van der Waals surface area contributed by atoms with E-state index in [-0.39, 0.29) is 30.2 Å². The van der Waals surface area contributed by atoms with Gasteiger partial charge in [0.1, 0.15) is 6.61 Å². The fourth-order valence-electron chi connectivity index (χ4n) is 2.53. The van der Waals surface area contributed by atoms with Crippen molar-refractivity contribution in [3.05, 3.63) is 39.9 Å². The molecule has 0 unspecified atom stereocenters. The zero-order valence-electron chi connectivity index (χ0n) is 13.7. The number of hydrogen-bond acceptors (Lipinski definition) is 8. The number of benzene rings is 1. The van der Waals surface area contributed by atoms with Crippen LogP contribution in [0.2, 0.25) is 0 Å². The number of likely N-dealkylation sites (tertiary alicyclic amines) is 1. The summed E-state index contributed by atoms with van der Waals surface area (Å²) in [7, 11) is -3.69. The maximum absolute atomic E-state index is 12.3. The summed E-state index contributed by atoms with van der Waals surface area (Å²) in [4.78, 5) is 23.6. The van der Waals surface area contributed by atoms with Crippen molar-refractivity contribution in [1.82, 2.24) is 4.90 Å². The van der Waals surface area contributed by atoms with Gasteiger partial charge in [0.25, 0.3) is 15.8 Å². The van der Waals surface area contributed by atoms with E-state index in [0.717, 1.165) is 6.26 Å². The molecule has 2 rings (SSSR count). The third kappa shape index (κ3) is 5.34. The van der Waals surface area contributed by atoms with Gasteiger partial charge in [0.2, 0.25) is 0 Å². The van der Waals surface area contributed by atoms with Crippen molar-refractivity contribution in [2.45, 2.75) is 25.2 Å². The number of nitrogens with two attached hydrogens (primary N) is 1. The van der Waals surface area contributed by atoms with E-state index < -0.39 is 33.3 Å². The van der Waals surface area contributed by atoms with Crippen LogP contribution in [0.15, 0.2) is 24.3 Å². The van der Waals surface area contributed by atoms with Gasteiger partial charge >= 0.3 is 6.09 Å². The Hall–Kier alpha value is -2.31. The first-order chi connectivity index (χ1) is 12.1. The second kappa shape index (κ2) is 7.93. The molecule has 0 aliphatic carbocycles. The molecule has 1 aromatic rings. The number of rotatable bonds is 6. The van der Waals surface area contributed by atoms with Crippen molar-refractivity contribution in [1.29, 1.82) is 0 Å². The Bertz CT molecular complexity index is 810. The Morgan fingerprint density at radius 1 is 1.42 bits per heavy atom. The average molecular weight is 403 g/mol. The monoisotopic (exact) mass is 403 g/mol. The molecule has 1 heterocycles. The molecule has 1 saturated heterocycles. The maximum Gasteiger partial charge on any atom is 0.410 e. The number of nitro benzene ring substituents is 1. The first-order valence-corrected chi connectivity index (χ1v) is 9.63. The van der Waals surface area contributed by atoms with Crippen LogP contribution in [0.4, 0.5) is 10.5 Å². The quantitative estimate of drug-likeness (QED) is 0.318. The highest BCUT2D eigenvalue weighted by Gasteiger charge is 2.39. The van der Waals surface area contributed by atoms with Gasteiger partial charge in [0.05, 0.1) is 34.9 Å². The lowest BCUT2D eigenvalue weighted by molar-refractivity contribution is -0.384. The topological polar surface area (TPSA) is 142 Å². The Labute approximate surface area is 155 Å². The van der Waals surface area contributed by atoms with Crippen molar-refractivity contribution in [3.8, 4) is 0 Å². The lowest BCUT2D eigenvalue weighted by atomic mass is 10.2. The summed E-state index contributed by atoms with van der Waals surface area (Å²) < 4.78 is 32.6. The standard InChI is InChI=1S/C14H17N3O7S2/c1-26(21,22)24-11-6-12(13(15)25)16(7-11)14(18)23-8-9-2-4-10(5-3-9)17(19)20/h2-5,11-12H,6-8H2,1H3,(H2,15,25)/t11-,12+/m1/s1. The number of ether oxygens (including phenoxy) is 1. The molecule has 0 aromatic heterocycles. The summed E-state index contributed by atoms with van der Waals surface area (Å²) in [6.45, 7) is -0.150. The predicted octanol–water partition coefficient (Wildman–Crippen LogP) is 0.937. The smallest absolute Gasteiger partial charge is 0.410 e. The lowest BCUT2D eigenvalue weighted by Crippen LogP contribution is -2.43. The molecule has 2 atom stereocenters. The number of carbonyl (C=O) groups is 1. The van der Waals surface area contributed by atoms with Crippen LogP contribution < -0.4 is 5.73 Å². The normalized spacial score (nSPS) is 20.0. The first kappa shape index (κ1) is 20.0. The van der Waals surface area contributed by atoms with Crippen molar-refractivity contribution in [3.63, 3.8) is 0 Å². The van der Waals surface area contributed by atoms with E-state index in [9.17, 15) is 23.3 Å². The molecule has 1 aromatic carbocycles. The van der Waals surface area contributed by atoms with Gasteiger partial charge in [0.15, 0.2) is 0 Å². The fourth-order valence-corrected chi connectivity index (χ4v) is 3.38. The summed E-state index contributed by atoms with van der Waals surface area (Å²) in [6, 6.07) is 4.85. The molecule has 26 heavy (non-hydrogen) atoms. The Kier molecular flexibility index (Phi) is 6.10. The number of amides is 1. The third-order valence-electron chi connectivity index (χ3n) is 3.65. The van der Waals surface area contributed by atoms with Gasteiger partial charge < -0.3 is 10.5 Å². The second-order valence-corrected chi connectivity index (χ2v) is 7.78. The van der Waals surface area contributed by atoms with E-state index >= 15 is 0 Å². The van der Waals surface area contributed by atoms with Crippen LogP contribution in [0.3, 0.4) is 0 Å². The van der Waals surface area contributed by atoms with Crippen LogP contribution in [0.5, 0.6) is 0 Å². The molecule has 1 fully saturated rings. The van der Waals surface area contributed by atoms with E-state index in [1.807, 2.05) is 0 Å². The maximum atomic E-state index is 12.3. The highest BCUT2D eigenvalue weighted by molar-refractivity contribution is 7.86. The third-order valence-corrected chi connectivity index (χ3v) is 4.54. The minimum Gasteiger partial charge on any atom is -0.445 e. The molecule has 0 radical (unpaired) electrons. The van der Waals surface area contributed by atoms with E-state index in [1.165, 1.54) is 29.2 Å². The van der Waals surface area contributed by atoms with Gasteiger partial charge in [-0.2, -0.15) is 8.42 Å². The molecule has 0 spiro atoms. The summed E-state index contributed by atoms with van der Waals surface area (Å²) in [5, 5.41) is 10.6. The largest absolute Gasteiger partial charge is 0.445 e. The summed E-state index contributed by atoms with van der Waals surface area (Å²) in [5.41, 5.74) is 6.10. The van der Waals surface area contributed by atoms with Crippen LogP contribution in [-0.2, 0) is 25.6 Å². The van der Waals surface area contributed by atoms with Crippen LogP contribution in [0.25, 0.3) is 0 Å². The van der Waals surface area contributed by atoms with Crippen LogP contribution in [0.1, 0.15) is 12.0 Å². The van der Waals surface area contributed by atoms with Crippen LogP contribution in [-0.4, -0.2) is 54.3 Å². The first-order valence-electron chi connectivity index (χ1n) is 7.41. The molecule has 1 amide bonds. The molecule has 1 aliphatic heterocycles. The van der Waals surface area contributed by atoms with Gasteiger partial charge in [-0.15, -0.1) is 0 Å². The number of non-ortho nitro benzene ring substituents is 1. The Morgan fingerprint density at radius 3 is 2.54 bits per heavy atom. The van der Waals surface area contributed by atoms with E-state index in [1.54, 1.807) is 0 Å². The molecule has 142 valence electrons. The van der Waals surface area contributed by atoms with Gasteiger partial charge in [-0.05, 0) is 17.7 Å². The van der Waals surface area contributed by atoms with Crippen molar-refractivity contribution in [2.75, 3.05) is 12.8 Å². The van der Waals surface area contributed by atoms with Crippen molar-refractivity contribution in [2.24, 2.45) is 5.73 Å². The van der Waals surface area contributed by atoms with Crippen molar-refractivity contribution < 1.29 is 27.1 Å². The number of carbonyl (C=O) groups excluding carboxylic acids is 1. The molecular weight excluding hydrogens is 386 g/mol. The zero-order chi connectivity index (χ0) is 19.5. The number of nitro groups is 1. The molecule has 12 heteroatoms. The van der Waals surface area contributed by atoms with Crippen LogP contribution >= 0.6 is 12.2 Å².